The number of hydrogen-bond donors (Lipinski definition) is 1. The zero-order valence-corrected chi connectivity index (χ0v) is 12.3. The third kappa shape index (κ3) is 3.58. The van der Waals surface area contributed by atoms with Gasteiger partial charge >= 0.3 is 6.18 Å². The molecule has 3 nitrogen and oxygen atoms in total. The van der Waals surface area contributed by atoms with Gasteiger partial charge in [0.15, 0.2) is 9.84 Å². The van der Waals surface area contributed by atoms with E-state index < -0.39 is 32.4 Å². The van der Waals surface area contributed by atoms with Crippen molar-refractivity contribution in [3.8, 4) is 0 Å². The fraction of sp³-hybridized carbons (Fsp3) is 0.571. The molecule has 2 unspecified atom stereocenters. The largest absolute Gasteiger partial charge is 0.416 e. The highest BCUT2D eigenvalue weighted by molar-refractivity contribution is 7.91. The smallest absolute Gasteiger partial charge is 0.388 e. The molecule has 7 heteroatoms. The van der Waals surface area contributed by atoms with E-state index in [-0.39, 0.29) is 6.42 Å². The van der Waals surface area contributed by atoms with Crippen LogP contribution in [0.5, 0.6) is 0 Å². The molecule has 1 aromatic carbocycles. The number of rotatable bonds is 3. The summed E-state index contributed by atoms with van der Waals surface area (Å²) in [7, 11) is -3.39. The van der Waals surface area contributed by atoms with E-state index in [2.05, 4.69) is 0 Å². The number of alkyl halides is 3. The average Bonchev–Trinajstić information content (AvgIpc) is 2.70. The molecule has 2 atom stereocenters. The Morgan fingerprint density at radius 1 is 1.29 bits per heavy atom. The van der Waals surface area contributed by atoms with Gasteiger partial charge in [0, 0.05) is 12.7 Å². The van der Waals surface area contributed by atoms with Crippen LogP contribution in [0.1, 0.15) is 30.4 Å². The maximum atomic E-state index is 12.5. The van der Waals surface area contributed by atoms with Crippen LogP contribution in [0, 0.1) is 0 Å². The summed E-state index contributed by atoms with van der Waals surface area (Å²) in [5, 5.41) is 9.71. The van der Waals surface area contributed by atoms with Gasteiger partial charge in [-0.1, -0.05) is 12.1 Å². The van der Waals surface area contributed by atoms with Gasteiger partial charge in [-0.2, -0.15) is 13.2 Å². The van der Waals surface area contributed by atoms with Crippen molar-refractivity contribution in [1.29, 1.82) is 0 Å². The molecule has 0 heterocycles. The van der Waals surface area contributed by atoms with Crippen molar-refractivity contribution in [3.05, 3.63) is 35.4 Å². The molecule has 1 aromatic rings. The Kier molecular flexibility index (Phi) is 4.10. The third-order valence-electron chi connectivity index (χ3n) is 3.98. The summed E-state index contributed by atoms with van der Waals surface area (Å²) in [5.74, 6) is 0. The molecule has 1 aliphatic carbocycles. The van der Waals surface area contributed by atoms with Crippen LogP contribution in [0.3, 0.4) is 0 Å². The van der Waals surface area contributed by atoms with Crippen molar-refractivity contribution >= 4 is 9.84 Å². The van der Waals surface area contributed by atoms with Gasteiger partial charge in [-0.15, -0.1) is 0 Å². The van der Waals surface area contributed by atoms with Crippen molar-refractivity contribution in [2.75, 3.05) is 6.26 Å². The number of halogens is 3. The van der Waals surface area contributed by atoms with E-state index in [1.165, 1.54) is 12.1 Å². The minimum atomic E-state index is -4.40. The van der Waals surface area contributed by atoms with Gasteiger partial charge < -0.3 is 5.11 Å². The molecular weight excluding hydrogens is 305 g/mol. The monoisotopic (exact) mass is 322 g/mol. The molecule has 0 amide bonds. The Bertz CT molecular complexity index is 607. The lowest BCUT2D eigenvalue weighted by atomic mass is 9.92. The zero-order chi connectivity index (χ0) is 15.9. The maximum absolute atomic E-state index is 12.5. The van der Waals surface area contributed by atoms with Gasteiger partial charge in [0.25, 0.3) is 0 Å². The highest BCUT2D eigenvalue weighted by Crippen LogP contribution is 2.37. The Balaban J connectivity index is 2.21. The number of hydrogen-bond acceptors (Lipinski definition) is 3. The first-order valence-corrected chi connectivity index (χ1v) is 8.55. The molecule has 1 saturated carbocycles. The molecular formula is C14H17F3O3S. The standard InChI is InChI=1S/C14H17F3O3S/c1-21(19,20)12-3-2-8-13(12,18)9-10-4-6-11(7-5-10)14(15,16)17/h4-7,12,18H,2-3,8-9H2,1H3. The average molecular weight is 322 g/mol. The summed E-state index contributed by atoms with van der Waals surface area (Å²) < 4.78 is 60.9. The van der Waals surface area contributed by atoms with Crippen molar-refractivity contribution < 1.29 is 26.7 Å². The Labute approximate surface area is 121 Å². The first-order chi connectivity index (χ1) is 9.52. The van der Waals surface area contributed by atoms with Crippen LogP contribution in [-0.2, 0) is 22.4 Å². The van der Waals surface area contributed by atoms with Crippen LogP contribution in [0.2, 0.25) is 0 Å². The summed E-state index contributed by atoms with van der Waals surface area (Å²) >= 11 is 0. The summed E-state index contributed by atoms with van der Waals surface area (Å²) in [6.45, 7) is 0. The predicted molar refractivity (Wildman–Crippen MR) is 72.6 cm³/mol. The third-order valence-corrected chi connectivity index (χ3v) is 5.69. The van der Waals surface area contributed by atoms with Crippen molar-refractivity contribution in [3.63, 3.8) is 0 Å². The molecule has 0 bridgehead atoms. The molecule has 0 aromatic heterocycles. The minimum Gasteiger partial charge on any atom is -0.388 e. The van der Waals surface area contributed by atoms with E-state index in [0.717, 1.165) is 18.4 Å². The molecule has 118 valence electrons. The van der Waals surface area contributed by atoms with E-state index in [1.54, 1.807) is 0 Å². The first kappa shape index (κ1) is 16.3. The molecule has 0 aliphatic heterocycles. The van der Waals surface area contributed by atoms with Crippen LogP contribution in [-0.4, -0.2) is 30.6 Å². The zero-order valence-electron chi connectivity index (χ0n) is 11.5. The fourth-order valence-corrected chi connectivity index (χ4v) is 4.60. The van der Waals surface area contributed by atoms with Crippen LogP contribution in [0.25, 0.3) is 0 Å². The maximum Gasteiger partial charge on any atom is 0.416 e. The van der Waals surface area contributed by atoms with E-state index in [1.807, 2.05) is 0 Å². The highest BCUT2D eigenvalue weighted by atomic mass is 32.2. The van der Waals surface area contributed by atoms with Crippen molar-refractivity contribution in [2.45, 2.75) is 42.7 Å². The van der Waals surface area contributed by atoms with Gasteiger partial charge in [0.05, 0.1) is 16.4 Å². The van der Waals surface area contributed by atoms with Crippen LogP contribution in [0.4, 0.5) is 13.2 Å². The predicted octanol–water partition coefficient (Wildman–Crippen LogP) is 2.58. The van der Waals surface area contributed by atoms with E-state index in [4.69, 9.17) is 0 Å². The SMILES string of the molecule is CS(=O)(=O)C1CCCC1(O)Cc1ccc(C(F)(F)F)cc1. The normalized spacial score (nSPS) is 27.0. The summed E-state index contributed by atoms with van der Waals surface area (Å²) in [6.07, 6.45) is -1.96. The van der Waals surface area contributed by atoms with Crippen molar-refractivity contribution in [2.24, 2.45) is 0 Å². The quantitative estimate of drug-likeness (QED) is 0.930. The number of aliphatic hydroxyl groups is 1. The topological polar surface area (TPSA) is 54.4 Å². The second-order valence-electron chi connectivity index (χ2n) is 5.69. The Hall–Kier alpha value is -1.08. The van der Waals surface area contributed by atoms with Crippen LogP contribution in [0.15, 0.2) is 24.3 Å². The number of sulfone groups is 1. The van der Waals surface area contributed by atoms with E-state index in [9.17, 15) is 26.7 Å². The summed E-state index contributed by atoms with van der Waals surface area (Å²) in [5.41, 5.74) is -1.65. The van der Waals surface area contributed by atoms with Gasteiger partial charge in [0.2, 0.25) is 0 Å². The molecule has 0 radical (unpaired) electrons. The van der Waals surface area contributed by atoms with Gasteiger partial charge in [-0.3, -0.25) is 0 Å². The first-order valence-electron chi connectivity index (χ1n) is 6.60. The van der Waals surface area contributed by atoms with Crippen LogP contribution < -0.4 is 0 Å². The summed E-state index contributed by atoms with van der Waals surface area (Å²) in [4.78, 5) is 0. The van der Waals surface area contributed by atoms with Gasteiger partial charge in [0.1, 0.15) is 0 Å². The Morgan fingerprint density at radius 2 is 1.86 bits per heavy atom. The lowest BCUT2D eigenvalue weighted by Crippen LogP contribution is -2.44. The summed E-state index contributed by atoms with van der Waals surface area (Å²) in [6, 6.07) is 4.48. The molecule has 2 rings (SSSR count). The molecule has 1 aliphatic rings. The lowest BCUT2D eigenvalue weighted by molar-refractivity contribution is -0.137. The highest BCUT2D eigenvalue weighted by Gasteiger charge is 2.46. The molecule has 1 fully saturated rings. The Morgan fingerprint density at radius 3 is 2.33 bits per heavy atom. The van der Waals surface area contributed by atoms with E-state index in [0.29, 0.717) is 24.8 Å². The van der Waals surface area contributed by atoms with Gasteiger partial charge in [-0.05, 0) is 37.0 Å². The van der Waals surface area contributed by atoms with E-state index >= 15 is 0 Å². The molecule has 1 N–H and O–H groups in total. The van der Waals surface area contributed by atoms with Gasteiger partial charge in [-0.25, -0.2) is 8.42 Å². The minimum absolute atomic E-state index is 0.0445. The lowest BCUT2D eigenvalue weighted by Gasteiger charge is -2.29. The number of benzene rings is 1. The second kappa shape index (κ2) is 5.28. The molecule has 0 saturated heterocycles. The van der Waals surface area contributed by atoms with Crippen molar-refractivity contribution in [1.82, 2.24) is 0 Å². The molecule has 21 heavy (non-hydrogen) atoms. The second-order valence-corrected chi connectivity index (χ2v) is 7.91. The van der Waals surface area contributed by atoms with Crippen LogP contribution >= 0.6 is 0 Å². The molecule has 0 spiro atoms. The fourth-order valence-electron chi connectivity index (χ4n) is 3.00.